The lowest BCUT2D eigenvalue weighted by molar-refractivity contribution is -0.140. The van der Waals surface area contributed by atoms with Crippen molar-refractivity contribution in [2.24, 2.45) is 0 Å². The quantitative estimate of drug-likeness (QED) is 0.426. The third kappa shape index (κ3) is 6.37. The summed E-state index contributed by atoms with van der Waals surface area (Å²) in [5.41, 5.74) is 0.251. The van der Waals surface area contributed by atoms with Gasteiger partial charge in [-0.05, 0) is 24.1 Å². The summed E-state index contributed by atoms with van der Waals surface area (Å²) in [6.07, 6.45) is -0.795. The Morgan fingerprint density at radius 2 is 1.60 bits per heavy atom. The van der Waals surface area contributed by atoms with Crippen LogP contribution >= 0.6 is 0 Å². The van der Waals surface area contributed by atoms with Crippen LogP contribution in [-0.4, -0.2) is 52.4 Å². The number of urea groups is 1. The first-order valence-corrected chi connectivity index (χ1v) is 7.13. The molecule has 0 spiro atoms. The molecule has 1 aromatic rings. The summed E-state index contributed by atoms with van der Waals surface area (Å²) < 4.78 is 4.96. The molecule has 0 heterocycles. The van der Waals surface area contributed by atoms with Crippen molar-refractivity contribution < 1.29 is 39.2 Å². The highest BCUT2D eigenvalue weighted by molar-refractivity contribution is 5.87. The first-order chi connectivity index (χ1) is 11.7. The number of aliphatic carboxylic acids is 3. The summed E-state index contributed by atoms with van der Waals surface area (Å²) in [7, 11) is 1.44. The zero-order valence-electron chi connectivity index (χ0n) is 13.3. The number of carboxylic acids is 3. The zero-order chi connectivity index (χ0) is 19.0. The first-order valence-electron chi connectivity index (χ1n) is 7.13. The van der Waals surface area contributed by atoms with Gasteiger partial charge in [0.2, 0.25) is 0 Å². The number of carbonyl (C=O) groups is 4. The highest BCUT2D eigenvalue weighted by Crippen LogP contribution is 2.18. The minimum absolute atomic E-state index is 0.251. The van der Waals surface area contributed by atoms with E-state index < -0.39 is 42.4 Å². The van der Waals surface area contributed by atoms with Crippen LogP contribution in [0.2, 0.25) is 0 Å². The average molecular weight is 354 g/mol. The van der Waals surface area contributed by atoms with E-state index in [2.05, 4.69) is 5.32 Å². The van der Waals surface area contributed by atoms with Crippen molar-refractivity contribution in [2.75, 3.05) is 7.11 Å². The van der Waals surface area contributed by atoms with E-state index >= 15 is 0 Å². The van der Waals surface area contributed by atoms with E-state index in [9.17, 15) is 24.3 Å². The second kappa shape index (κ2) is 9.11. The molecular weight excluding hydrogens is 336 g/mol. The predicted octanol–water partition coefficient (Wildman–Crippen LogP) is 0.438. The summed E-state index contributed by atoms with van der Waals surface area (Å²) in [6.45, 7) is 0. The third-order valence-corrected chi connectivity index (χ3v) is 3.22. The molecule has 1 rings (SSSR count). The SMILES string of the molecule is COc1ccc([C@H](NC(=O)N[C@@H](CCC(=O)O)C(=O)O)C(=O)O)cc1. The number of ether oxygens (including phenoxy) is 1. The normalized spacial score (nSPS) is 12.5. The fourth-order valence-electron chi connectivity index (χ4n) is 1.94. The van der Waals surface area contributed by atoms with Gasteiger partial charge in [-0.25, -0.2) is 14.4 Å². The van der Waals surface area contributed by atoms with Crippen molar-refractivity contribution >= 4 is 23.9 Å². The molecule has 0 aliphatic rings. The second-order valence-corrected chi connectivity index (χ2v) is 4.99. The Hall–Kier alpha value is -3.30. The summed E-state index contributed by atoms with van der Waals surface area (Å²) in [6, 6.07) is 1.99. The van der Waals surface area contributed by atoms with E-state index in [-0.39, 0.29) is 12.0 Å². The minimum atomic E-state index is -1.46. The molecular formula is C15H18N2O8. The molecule has 0 aliphatic heterocycles. The van der Waals surface area contributed by atoms with E-state index in [0.29, 0.717) is 5.75 Å². The van der Waals surface area contributed by atoms with Crippen molar-refractivity contribution in [3.8, 4) is 5.75 Å². The molecule has 10 heteroatoms. The van der Waals surface area contributed by atoms with Gasteiger partial charge in [-0.15, -0.1) is 0 Å². The molecule has 5 N–H and O–H groups in total. The number of rotatable bonds is 9. The van der Waals surface area contributed by atoms with Crippen LogP contribution in [0.3, 0.4) is 0 Å². The monoisotopic (exact) mass is 354 g/mol. The standard InChI is InChI=1S/C15H18N2O8/c1-25-9-4-2-8(3-5-9)12(14(22)23)17-15(24)16-10(13(20)21)6-7-11(18)19/h2-5,10,12H,6-7H2,1H3,(H,18,19)(H,20,21)(H,22,23)(H2,16,17,24)/t10-,12-/m0/s1. The van der Waals surface area contributed by atoms with Gasteiger partial charge in [0.25, 0.3) is 0 Å². The van der Waals surface area contributed by atoms with Gasteiger partial charge >= 0.3 is 23.9 Å². The number of hydrogen-bond donors (Lipinski definition) is 5. The van der Waals surface area contributed by atoms with Gasteiger partial charge in [-0.3, -0.25) is 4.79 Å². The maximum absolute atomic E-state index is 11.9. The van der Waals surface area contributed by atoms with Crippen molar-refractivity contribution in [2.45, 2.75) is 24.9 Å². The van der Waals surface area contributed by atoms with Crippen LogP contribution in [0.5, 0.6) is 5.75 Å². The number of hydrogen-bond acceptors (Lipinski definition) is 5. The lowest BCUT2D eigenvalue weighted by Gasteiger charge is -2.18. The van der Waals surface area contributed by atoms with Crippen molar-refractivity contribution in [3.63, 3.8) is 0 Å². The number of benzene rings is 1. The van der Waals surface area contributed by atoms with Crippen LogP contribution in [0.1, 0.15) is 24.4 Å². The minimum Gasteiger partial charge on any atom is -0.497 e. The molecule has 0 fully saturated rings. The summed E-state index contributed by atoms with van der Waals surface area (Å²) >= 11 is 0. The van der Waals surface area contributed by atoms with Gasteiger partial charge in [0, 0.05) is 6.42 Å². The first kappa shape index (κ1) is 19.7. The highest BCUT2D eigenvalue weighted by atomic mass is 16.5. The fourth-order valence-corrected chi connectivity index (χ4v) is 1.94. The Bertz CT molecular complexity index is 643. The van der Waals surface area contributed by atoms with Crippen LogP contribution < -0.4 is 15.4 Å². The molecule has 0 aromatic heterocycles. The van der Waals surface area contributed by atoms with Crippen LogP contribution in [0.4, 0.5) is 4.79 Å². The fraction of sp³-hybridized carbons (Fsp3) is 0.333. The molecule has 0 radical (unpaired) electrons. The number of methoxy groups -OCH3 is 1. The summed E-state index contributed by atoms with van der Waals surface area (Å²) in [5.74, 6) is -3.49. The Morgan fingerprint density at radius 1 is 1.00 bits per heavy atom. The Kier molecular flexibility index (Phi) is 7.19. The van der Waals surface area contributed by atoms with Gasteiger partial charge in [-0.1, -0.05) is 12.1 Å². The number of nitrogens with one attached hydrogen (secondary N) is 2. The van der Waals surface area contributed by atoms with E-state index in [1.165, 1.54) is 31.4 Å². The van der Waals surface area contributed by atoms with E-state index in [1.54, 1.807) is 0 Å². The molecule has 1 aromatic carbocycles. The predicted molar refractivity (Wildman–Crippen MR) is 83.3 cm³/mol. The van der Waals surface area contributed by atoms with Crippen LogP contribution in [0.15, 0.2) is 24.3 Å². The number of carboxylic acid groups (broad SMARTS) is 3. The number of carbonyl (C=O) groups excluding carboxylic acids is 1. The molecule has 2 atom stereocenters. The molecule has 136 valence electrons. The molecule has 10 nitrogen and oxygen atoms in total. The van der Waals surface area contributed by atoms with Gasteiger partial charge in [0.05, 0.1) is 7.11 Å². The summed E-state index contributed by atoms with van der Waals surface area (Å²) in [4.78, 5) is 44.8. The van der Waals surface area contributed by atoms with Gasteiger partial charge < -0.3 is 30.7 Å². The average Bonchev–Trinajstić information content (AvgIpc) is 2.55. The van der Waals surface area contributed by atoms with Crippen LogP contribution in [-0.2, 0) is 14.4 Å². The zero-order valence-corrected chi connectivity index (χ0v) is 13.3. The van der Waals surface area contributed by atoms with Crippen molar-refractivity contribution in [1.82, 2.24) is 10.6 Å². The lowest BCUT2D eigenvalue weighted by Crippen LogP contribution is -2.48. The highest BCUT2D eigenvalue weighted by Gasteiger charge is 2.26. The largest absolute Gasteiger partial charge is 0.497 e. The molecule has 0 aliphatic carbocycles. The molecule has 0 saturated heterocycles. The second-order valence-electron chi connectivity index (χ2n) is 4.99. The maximum atomic E-state index is 11.9. The topological polar surface area (TPSA) is 162 Å². The third-order valence-electron chi connectivity index (χ3n) is 3.22. The molecule has 2 amide bonds. The molecule has 25 heavy (non-hydrogen) atoms. The van der Waals surface area contributed by atoms with Crippen molar-refractivity contribution in [1.29, 1.82) is 0 Å². The van der Waals surface area contributed by atoms with Gasteiger partial charge in [-0.2, -0.15) is 0 Å². The lowest BCUT2D eigenvalue weighted by atomic mass is 10.1. The summed E-state index contributed by atoms with van der Waals surface area (Å²) in [5, 5.41) is 31.0. The number of amides is 2. The Labute approximate surface area is 142 Å². The van der Waals surface area contributed by atoms with E-state index in [1.807, 2.05) is 5.32 Å². The smallest absolute Gasteiger partial charge is 0.330 e. The Balaban J connectivity index is 2.79. The molecule has 0 saturated carbocycles. The van der Waals surface area contributed by atoms with Crippen LogP contribution in [0.25, 0.3) is 0 Å². The van der Waals surface area contributed by atoms with Crippen molar-refractivity contribution in [3.05, 3.63) is 29.8 Å². The maximum Gasteiger partial charge on any atom is 0.330 e. The van der Waals surface area contributed by atoms with Crippen LogP contribution in [0, 0.1) is 0 Å². The van der Waals surface area contributed by atoms with Gasteiger partial charge in [0.15, 0.2) is 6.04 Å². The molecule has 0 bridgehead atoms. The molecule has 0 unspecified atom stereocenters. The van der Waals surface area contributed by atoms with E-state index in [4.69, 9.17) is 14.9 Å². The van der Waals surface area contributed by atoms with E-state index in [0.717, 1.165) is 0 Å². The van der Waals surface area contributed by atoms with Gasteiger partial charge in [0.1, 0.15) is 11.8 Å². The Morgan fingerprint density at radius 3 is 2.04 bits per heavy atom.